The quantitative estimate of drug-likeness (QED) is 0.531. The number of nitrogens with zero attached hydrogens (tertiary/aromatic N) is 1. The highest BCUT2D eigenvalue weighted by atomic mass is 32.2. The van der Waals surface area contributed by atoms with E-state index < -0.39 is 47.0 Å². The standard InChI is InChI=1S/C24H25FN2O4S/c1-14-6-4-5-7-17(14)20-18-19(24(26-20,12-13-32-3)23(30)31-2)22(29)27(21(18)28)16-10-8-15(25)9-11-16/h4-11,18-20,26H,12-13H2,1-3H3/t18-,19+,20-,24+/m1/s1. The van der Waals surface area contributed by atoms with Crippen LogP contribution in [0.4, 0.5) is 10.1 Å². The summed E-state index contributed by atoms with van der Waals surface area (Å²) in [5.74, 6) is -3.00. The second kappa shape index (κ2) is 8.67. The van der Waals surface area contributed by atoms with Gasteiger partial charge in [0.2, 0.25) is 11.8 Å². The van der Waals surface area contributed by atoms with Gasteiger partial charge in [0.1, 0.15) is 11.4 Å². The molecular weight excluding hydrogens is 431 g/mol. The first-order chi connectivity index (χ1) is 15.4. The number of halogens is 1. The molecule has 0 spiro atoms. The monoisotopic (exact) mass is 456 g/mol. The van der Waals surface area contributed by atoms with E-state index in [1.807, 2.05) is 37.4 Å². The summed E-state index contributed by atoms with van der Waals surface area (Å²) in [7, 11) is 1.29. The molecule has 0 aromatic heterocycles. The number of nitrogens with one attached hydrogen (secondary N) is 1. The Morgan fingerprint density at radius 3 is 2.47 bits per heavy atom. The van der Waals surface area contributed by atoms with E-state index in [1.54, 1.807) is 11.8 Å². The van der Waals surface area contributed by atoms with E-state index in [1.165, 1.54) is 31.4 Å². The number of benzene rings is 2. The fraction of sp³-hybridized carbons (Fsp3) is 0.375. The molecule has 4 atom stereocenters. The molecule has 1 N–H and O–H groups in total. The number of rotatable bonds is 6. The van der Waals surface area contributed by atoms with Gasteiger partial charge in [-0.3, -0.25) is 19.7 Å². The Hall–Kier alpha value is -2.71. The largest absolute Gasteiger partial charge is 0.468 e. The number of aryl methyl sites for hydroxylation is 1. The van der Waals surface area contributed by atoms with Crippen LogP contribution in [0, 0.1) is 24.6 Å². The summed E-state index contributed by atoms with van der Waals surface area (Å²) < 4.78 is 18.6. The van der Waals surface area contributed by atoms with Crippen molar-refractivity contribution >= 4 is 35.2 Å². The van der Waals surface area contributed by atoms with Crippen molar-refractivity contribution in [3.05, 3.63) is 65.5 Å². The lowest BCUT2D eigenvalue weighted by molar-refractivity contribution is -0.152. The number of hydrogen-bond acceptors (Lipinski definition) is 6. The van der Waals surface area contributed by atoms with Gasteiger partial charge in [0, 0.05) is 6.04 Å². The minimum absolute atomic E-state index is 0.294. The Labute approximate surface area is 190 Å². The maximum Gasteiger partial charge on any atom is 0.326 e. The van der Waals surface area contributed by atoms with E-state index in [9.17, 15) is 18.8 Å². The van der Waals surface area contributed by atoms with Crippen molar-refractivity contribution in [3.63, 3.8) is 0 Å². The molecule has 2 saturated heterocycles. The maximum absolute atomic E-state index is 13.7. The minimum atomic E-state index is -1.34. The Balaban J connectivity index is 1.87. The third kappa shape index (κ3) is 3.42. The number of thioether (sulfide) groups is 1. The van der Waals surface area contributed by atoms with E-state index in [0.29, 0.717) is 17.9 Å². The molecule has 32 heavy (non-hydrogen) atoms. The van der Waals surface area contributed by atoms with Crippen LogP contribution in [0.3, 0.4) is 0 Å². The van der Waals surface area contributed by atoms with Crippen LogP contribution in [-0.2, 0) is 19.1 Å². The van der Waals surface area contributed by atoms with E-state index in [2.05, 4.69) is 5.32 Å². The number of amides is 2. The van der Waals surface area contributed by atoms with Crippen LogP contribution >= 0.6 is 11.8 Å². The summed E-state index contributed by atoms with van der Waals surface area (Å²) in [4.78, 5) is 41.6. The molecule has 6 nitrogen and oxygen atoms in total. The minimum Gasteiger partial charge on any atom is -0.468 e. The van der Waals surface area contributed by atoms with Crippen LogP contribution in [0.15, 0.2) is 48.5 Å². The number of esters is 1. The van der Waals surface area contributed by atoms with E-state index >= 15 is 0 Å². The molecular formula is C24H25FN2O4S. The van der Waals surface area contributed by atoms with Crippen molar-refractivity contribution in [2.24, 2.45) is 11.8 Å². The lowest BCUT2D eigenvalue weighted by Gasteiger charge is -2.32. The highest BCUT2D eigenvalue weighted by Crippen LogP contribution is 2.51. The zero-order valence-corrected chi connectivity index (χ0v) is 18.9. The Morgan fingerprint density at radius 2 is 1.84 bits per heavy atom. The highest BCUT2D eigenvalue weighted by molar-refractivity contribution is 7.98. The Kier molecular flexibility index (Phi) is 6.09. The SMILES string of the molecule is COC(=O)[C@@]1(CCSC)N[C@H](c2ccccc2C)[C@@H]2C(=O)N(c3ccc(F)cc3)C(=O)[C@H]21. The molecule has 168 valence electrons. The van der Waals surface area contributed by atoms with Crippen molar-refractivity contribution in [1.29, 1.82) is 0 Å². The first-order valence-electron chi connectivity index (χ1n) is 10.4. The van der Waals surface area contributed by atoms with Crippen LogP contribution < -0.4 is 10.2 Å². The first-order valence-corrected chi connectivity index (χ1v) is 11.8. The first kappa shape index (κ1) is 22.5. The lowest BCUT2D eigenvalue weighted by atomic mass is 9.77. The molecule has 0 bridgehead atoms. The molecule has 2 aromatic carbocycles. The summed E-state index contributed by atoms with van der Waals surface area (Å²) in [6.07, 6.45) is 2.25. The van der Waals surface area contributed by atoms with E-state index in [4.69, 9.17) is 4.74 Å². The smallest absolute Gasteiger partial charge is 0.326 e. The van der Waals surface area contributed by atoms with Gasteiger partial charge >= 0.3 is 5.97 Å². The van der Waals surface area contributed by atoms with Crippen molar-refractivity contribution in [1.82, 2.24) is 5.32 Å². The molecule has 2 aliphatic rings. The van der Waals surface area contributed by atoms with Gasteiger partial charge in [-0.05, 0) is 60.7 Å². The predicted octanol–water partition coefficient (Wildman–Crippen LogP) is 3.25. The predicted molar refractivity (Wildman–Crippen MR) is 121 cm³/mol. The van der Waals surface area contributed by atoms with Gasteiger partial charge in [-0.15, -0.1) is 0 Å². The van der Waals surface area contributed by atoms with Crippen LogP contribution in [-0.4, -0.2) is 42.4 Å². The van der Waals surface area contributed by atoms with E-state index in [-0.39, 0.29) is 0 Å². The third-order valence-corrected chi connectivity index (χ3v) is 7.13. The van der Waals surface area contributed by atoms with Crippen LogP contribution in [0.25, 0.3) is 0 Å². The normalized spacial score (nSPS) is 27.0. The van der Waals surface area contributed by atoms with Crippen molar-refractivity contribution in [3.8, 4) is 0 Å². The molecule has 2 fully saturated rings. The third-order valence-electron chi connectivity index (χ3n) is 6.51. The molecule has 0 aliphatic carbocycles. The Bertz CT molecular complexity index is 1060. The second-order valence-electron chi connectivity index (χ2n) is 8.18. The zero-order valence-electron chi connectivity index (χ0n) is 18.1. The maximum atomic E-state index is 13.7. The summed E-state index contributed by atoms with van der Waals surface area (Å²) in [6.45, 7) is 1.94. The van der Waals surface area contributed by atoms with Crippen LogP contribution in [0.1, 0.15) is 23.6 Å². The molecule has 0 unspecified atom stereocenters. The van der Waals surface area contributed by atoms with Gasteiger partial charge in [0.05, 0.1) is 24.6 Å². The van der Waals surface area contributed by atoms with Crippen molar-refractivity contribution in [2.75, 3.05) is 24.0 Å². The number of carbonyl (C=O) groups is 3. The highest BCUT2D eigenvalue weighted by Gasteiger charge is 2.68. The summed E-state index contributed by atoms with van der Waals surface area (Å²) in [6, 6.07) is 12.3. The fourth-order valence-electron chi connectivity index (χ4n) is 5.01. The summed E-state index contributed by atoms with van der Waals surface area (Å²) in [5.41, 5.74) is 0.772. The van der Waals surface area contributed by atoms with Gasteiger partial charge in [-0.2, -0.15) is 11.8 Å². The molecule has 0 saturated carbocycles. The van der Waals surface area contributed by atoms with Gasteiger partial charge in [-0.25, -0.2) is 9.29 Å². The van der Waals surface area contributed by atoms with Gasteiger partial charge < -0.3 is 4.74 Å². The summed E-state index contributed by atoms with van der Waals surface area (Å²) >= 11 is 1.55. The topological polar surface area (TPSA) is 75.7 Å². The molecule has 2 aromatic rings. The molecule has 2 heterocycles. The average Bonchev–Trinajstić information content (AvgIpc) is 3.27. The van der Waals surface area contributed by atoms with E-state index in [0.717, 1.165) is 16.0 Å². The lowest BCUT2D eigenvalue weighted by Crippen LogP contribution is -2.56. The second-order valence-corrected chi connectivity index (χ2v) is 9.16. The van der Waals surface area contributed by atoms with Crippen molar-refractivity contribution < 1.29 is 23.5 Å². The number of carbonyl (C=O) groups excluding carboxylic acids is 3. The molecule has 4 rings (SSSR count). The van der Waals surface area contributed by atoms with Gasteiger partial charge in [0.15, 0.2) is 0 Å². The number of methoxy groups -OCH3 is 1. The molecule has 2 aliphatic heterocycles. The number of anilines is 1. The van der Waals surface area contributed by atoms with Crippen molar-refractivity contribution in [2.45, 2.75) is 24.9 Å². The Morgan fingerprint density at radius 1 is 1.16 bits per heavy atom. The van der Waals surface area contributed by atoms with Gasteiger partial charge in [-0.1, -0.05) is 24.3 Å². The molecule has 0 radical (unpaired) electrons. The number of fused-ring (bicyclic) bond motifs is 1. The number of ether oxygens (including phenoxy) is 1. The summed E-state index contributed by atoms with van der Waals surface area (Å²) in [5, 5.41) is 3.37. The fourth-order valence-corrected chi connectivity index (χ4v) is 5.54. The average molecular weight is 457 g/mol. The number of hydrogen-bond donors (Lipinski definition) is 1. The molecule has 2 amide bonds. The van der Waals surface area contributed by atoms with Crippen LogP contribution in [0.5, 0.6) is 0 Å². The van der Waals surface area contributed by atoms with Gasteiger partial charge in [0.25, 0.3) is 0 Å². The molecule has 8 heteroatoms. The zero-order chi connectivity index (χ0) is 23.0. The number of imide groups is 1. The van der Waals surface area contributed by atoms with Crippen LogP contribution in [0.2, 0.25) is 0 Å².